The summed E-state index contributed by atoms with van der Waals surface area (Å²) >= 11 is 0. The molecular formula is C27H32FN3O4. The Hall–Kier alpha value is -3.26. The van der Waals surface area contributed by atoms with Crippen molar-refractivity contribution in [2.75, 3.05) is 26.7 Å². The van der Waals surface area contributed by atoms with E-state index < -0.39 is 11.9 Å². The summed E-state index contributed by atoms with van der Waals surface area (Å²) in [4.78, 5) is 34.2. The zero-order valence-electron chi connectivity index (χ0n) is 20.4. The molecule has 1 aromatic heterocycles. The Bertz CT molecular complexity index is 1120. The van der Waals surface area contributed by atoms with E-state index in [1.807, 2.05) is 19.9 Å². The molecule has 1 aliphatic heterocycles. The molecule has 186 valence electrons. The average molecular weight is 482 g/mol. The molecule has 0 radical (unpaired) electrons. The predicted molar refractivity (Wildman–Crippen MR) is 131 cm³/mol. The molecule has 2 aliphatic rings. The fraction of sp³-hybridized carbons (Fsp3) is 0.444. The SMILES string of the molecule is C[C@@H]1CN([C@H](C)CO)C(=O)c2cc(C3=CCCC3)cnc2O[C@@H]1CN(C)C(=O)c1ccc(F)cc1. The third-order valence-electron chi connectivity index (χ3n) is 6.82. The highest BCUT2D eigenvalue weighted by Crippen LogP contribution is 2.32. The number of fused-ring (bicyclic) bond motifs is 1. The smallest absolute Gasteiger partial charge is 0.259 e. The molecule has 1 aliphatic carbocycles. The second-order valence-corrected chi connectivity index (χ2v) is 9.51. The van der Waals surface area contributed by atoms with Crippen molar-refractivity contribution in [2.24, 2.45) is 5.92 Å². The second-order valence-electron chi connectivity index (χ2n) is 9.51. The van der Waals surface area contributed by atoms with Gasteiger partial charge < -0.3 is 19.6 Å². The number of hydrogen-bond donors (Lipinski definition) is 1. The average Bonchev–Trinajstić information content (AvgIpc) is 3.40. The molecule has 0 spiro atoms. The van der Waals surface area contributed by atoms with Crippen LogP contribution < -0.4 is 4.74 Å². The van der Waals surface area contributed by atoms with E-state index in [1.165, 1.54) is 34.7 Å². The van der Waals surface area contributed by atoms with Gasteiger partial charge in [-0.05, 0) is 67.7 Å². The Morgan fingerprint density at radius 3 is 2.74 bits per heavy atom. The number of nitrogens with zero attached hydrogens (tertiary/aromatic N) is 3. The van der Waals surface area contributed by atoms with Crippen molar-refractivity contribution in [3.8, 4) is 5.88 Å². The van der Waals surface area contributed by atoms with E-state index in [0.29, 0.717) is 17.7 Å². The molecule has 0 unspecified atom stereocenters. The van der Waals surface area contributed by atoms with Crippen LogP contribution in [-0.4, -0.2) is 70.6 Å². The topological polar surface area (TPSA) is 83.0 Å². The van der Waals surface area contributed by atoms with E-state index in [9.17, 15) is 19.1 Å². The van der Waals surface area contributed by atoms with Crippen LogP contribution in [0.25, 0.3) is 5.57 Å². The fourth-order valence-corrected chi connectivity index (χ4v) is 4.59. The lowest BCUT2D eigenvalue weighted by molar-refractivity contribution is 0.0313. The first-order chi connectivity index (χ1) is 16.8. The number of carbonyl (C=O) groups excluding carboxylic acids is 2. The number of aliphatic hydroxyl groups excluding tert-OH is 1. The quantitative estimate of drug-likeness (QED) is 0.679. The van der Waals surface area contributed by atoms with Gasteiger partial charge in [-0.1, -0.05) is 13.0 Å². The number of benzene rings is 1. The Labute approximate surface area is 205 Å². The fourth-order valence-electron chi connectivity index (χ4n) is 4.59. The third kappa shape index (κ3) is 5.37. The molecule has 1 aromatic carbocycles. The highest BCUT2D eigenvalue weighted by Gasteiger charge is 2.35. The molecule has 1 N–H and O–H groups in total. The van der Waals surface area contributed by atoms with Crippen LogP contribution >= 0.6 is 0 Å². The lowest BCUT2D eigenvalue weighted by Gasteiger charge is -2.37. The highest BCUT2D eigenvalue weighted by molar-refractivity contribution is 5.97. The summed E-state index contributed by atoms with van der Waals surface area (Å²) in [5.41, 5.74) is 2.82. The summed E-state index contributed by atoms with van der Waals surface area (Å²) in [6, 6.07) is 6.87. The molecule has 2 heterocycles. The number of aromatic nitrogens is 1. The summed E-state index contributed by atoms with van der Waals surface area (Å²) in [6.45, 7) is 4.20. The number of carbonyl (C=O) groups is 2. The number of pyridine rings is 1. The summed E-state index contributed by atoms with van der Waals surface area (Å²) < 4.78 is 19.6. The van der Waals surface area contributed by atoms with Crippen LogP contribution in [0.5, 0.6) is 5.88 Å². The van der Waals surface area contributed by atoms with Gasteiger partial charge in [0.25, 0.3) is 11.8 Å². The van der Waals surface area contributed by atoms with Gasteiger partial charge in [-0.15, -0.1) is 0 Å². The van der Waals surface area contributed by atoms with Crippen molar-refractivity contribution < 1.29 is 23.8 Å². The molecule has 2 amide bonds. The Morgan fingerprint density at radius 2 is 2.09 bits per heavy atom. The largest absolute Gasteiger partial charge is 0.472 e. The number of hydrogen-bond acceptors (Lipinski definition) is 5. The number of allylic oxidation sites excluding steroid dienone is 2. The monoisotopic (exact) mass is 481 g/mol. The van der Waals surface area contributed by atoms with Crippen molar-refractivity contribution in [1.29, 1.82) is 0 Å². The number of halogens is 1. The van der Waals surface area contributed by atoms with Crippen LogP contribution in [0.4, 0.5) is 4.39 Å². The zero-order chi connectivity index (χ0) is 25.1. The molecule has 0 saturated heterocycles. The van der Waals surface area contributed by atoms with E-state index in [2.05, 4.69) is 11.1 Å². The van der Waals surface area contributed by atoms with Gasteiger partial charge in [0.05, 0.1) is 19.2 Å². The van der Waals surface area contributed by atoms with Crippen LogP contribution in [0.15, 0.2) is 42.6 Å². The van der Waals surface area contributed by atoms with E-state index in [-0.39, 0.29) is 42.8 Å². The molecule has 2 aromatic rings. The number of rotatable bonds is 6. The van der Waals surface area contributed by atoms with Crippen molar-refractivity contribution in [3.63, 3.8) is 0 Å². The minimum Gasteiger partial charge on any atom is -0.472 e. The maximum atomic E-state index is 13.5. The van der Waals surface area contributed by atoms with Crippen LogP contribution in [0.2, 0.25) is 0 Å². The first kappa shape index (κ1) is 24.9. The Kier molecular flexibility index (Phi) is 7.50. The summed E-state index contributed by atoms with van der Waals surface area (Å²) in [5, 5.41) is 9.83. The zero-order valence-corrected chi connectivity index (χ0v) is 20.4. The van der Waals surface area contributed by atoms with Crippen molar-refractivity contribution in [2.45, 2.75) is 45.3 Å². The van der Waals surface area contributed by atoms with Crippen LogP contribution in [0, 0.1) is 11.7 Å². The van der Waals surface area contributed by atoms with Crippen LogP contribution in [0.1, 0.15) is 59.4 Å². The number of aliphatic hydroxyl groups is 1. The van der Waals surface area contributed by atoms with E-state index >= 15 is 0 Å². The minimum absolute atomic E-state index is 0.149. The summed E-state index contributed by atoms with van der Waals surface area (Å²) in [5.74, 6) is -0.804. The van der Waals surface area contributed by atoms with E-state index in [4.69, 9.17) is 4.74 Å². The first-order valence-electron chi connectivity index (χ1n) is 12.1. The highest BCUT2D eigenvalue weighted by atomic mass is 19.1. The molecular weight excluding hydrogens is 449 g/mol. The van der Waals surface area contributed by atoms with Gasteiger partial charge in [-0.2, -0.15) is 0 Å². The van der Waals surface area contributed by atoms with E-state index in [1.54, 1.807) is 18.1 Å². The molecule has 0 fully saturated rings. The van der Waals surface area contributed by atoms with Crippen molar-refractivity contribution in [1.82, 2.24) is 14.8 Å². The van der Waals surface area contributed by atoms with Gasteiger partial charge in [0, 0.05) is 31.3 Å². The van der Waals surface area contributed by atoms with Crippen LogP contribution in [-0.2, 0) is 0 Å². The van der Waals surface area contributed by atoms with Gasteiger partial charge in [-0.3, -0.25) is 9.59 Å². The molecule has 0 bridgehead atoms. The third-order valence-corrected chi connectivity index (χ3v) is 6.82. The molecule has 7 nitrogen and oxygen atoms in total. The maximum absolute atomic E-state index is 13.5. The van der Waals surface area contributed by atoms with Gasteiger partial charge >= 0.3 is 0 Å². The molecule has 35 heavy (non-hydrogen) atoms. The van der Waals surface area contributed by atoms with Crippen molar-refractivity contribution >= 4 is 17.4 Å². The molecule has 4 rings (SSSR count). The minimum atomic E-state index is -0.450. The molecule has 0 saturated carbocycles. The van der Waals surface area contributed by atoms with Gasteiger partial charge in [-0.25, -0.2) is 9.37 Å². The number of ether oxygens (including phenoxy) is 1. The molecule has 8 heteroatoms. The Morgan fingerprint density at radius 1 is 1.34 bits per heavy atom. The molecule has 3 atom stereocenters. The van der Waals surface area contributed by atoms with Gasteiger partial charge in [0.15, 0.2) is 0 Å². The second kappa shape index (κ2) is 10.6. The van der Waals surface area contributed by atoms with E-state index in [0.717, 1.165) is 24.8 Å². The standard InChI is InChI=1S/C27H32FN3O4/c1-17-14-31(18(2)16-32)27(34)23-12-21(19-6-4-5-7-19)13-29-25(23)35-24(17)15-30(3)26(33)20-8-10-22(28)11-9-20/h6,8-13,17-18,24,32H,4-5,7,14-16H2,1-3H3/t17-,18-,24-/m1/s1. The number of amides is 2. The lowest BCUT2D eigenvalue weighted by Crippen LogP contribution is -2.50. The Balaban J connectivity index is 1.64. The van der Waals surface area contributed by atoms with Crippen LogP contribution in [0.3, 0.4) is 0 Å². The number of likely N-dealkylation sites (N-methyl/N-ethyl adjacent to an activating group) is 1. The summed E-state index contributed by atoms with van der Waals surface area (Å²) in [6.07, 6.45) is 6.50. The maximum Gasteiger partial charge on any atom is 0.259 e. The first-order valence-corrected chi connectivity index (χ1v) is 12.1. The van der Waals surface area contributed by atoms with Gasteiger partial charge in [0.2, 0.25) is 5.88 Å². The van der Waals surface area contributed by atoms with Crippen molar-refractivity contribution in [3.05, 3.63) is 65.1 Å². The normalized spacial score (nSPS) is 20.9. The lowest BCUT2D eigenvalue weighted by atomic mass is 9.99. The van der Waals surface area contributed by atoms with Gasteiger partial charge in [0.1, 0.15) is 17.5 Å². The summed E-state index contributed by atoms with van der Waals surface area (Å²) in [7, 11) is 1.67. The predicted octanol–water partition coefficient (Wildman–Crippen LogP) is 3.78.